The zero-order valence-corrected chi connectivity index (χ0v) is 18.3. The van der Waals surface area contributed by atoms with Gasteiger partial charge in [0.15, 0.2) is 0 Å². The number of aryl methyl sites for hydroxylation is 1. The summed E-state index contributed by atoms with van der Waals surface area (Å²) in [5.41, 5.74) is 2.35. The molecule has 2 N–H and O–H groups in total. The average molecular weight is 428 g/mol. The maximum atomic E-state index is 12.9. The van der Waals surface area contributed by atoms with Crippen LogP contribution in [0.15, 0.2) is 53.4 Å². The summed E-state index contributed by atoms with van der Waals surface area (Å²) < 4.78 is 28.4. The van der Waals surface area contributed by atoms with Crippen LogP contribution in [-0.4, -0.2) is 26.9 Å². The lowest BCUT2D eigenvalue weighted by Gasteiger charge is -2.19. The standard InChI is InChI=1S/C23H29N3O3S/c1-3-5-15-25-23(27)22(16-19-7-9-20(17-24)10-8-19)26-30(28,29)21-13-11-18(6-4-2)12-14-21/h7-14,22,26H,3-6,15-16H2,1-2H3,(H,25,27)/t22-/m0/s1. The van der Waals surface area contributed by atoms with E-state index in [0.717, 1.165) is 36.8 Å². The van der Waals surface area contributed by atoms with Crippen molar-refractivity contribution < 1.29 is 13.2 Å². The van der Waals surface area contributed by atoms with Gasteiger partial charge >= 0.3 is 0 Å². The van der Waals surface area contributed by atoms with E-state index >= 15 is 0 Å². The molecule has 1 atom stereocenters. The van der Waals surface area contributed by atoms with Gasteiger partial charge in [0, 0.05) is 6.54 Å². The van der Waals surface area contributed by atoms with E-state index in [1.165, 1.54) is 0 Å². The Balaban J connectivity index is 2.21. The van der Waals surface area contributed by atoms with Crippen molar-refractivity contribution >= 4 is 15.9 Å². The van der Waals surface area contributed by atoms with E-state index in [2.05, 4.69) is 17.0 Å². The second-order valence-corrected chi connectivity index (χ2v) is 8.94. The normalized spacial score (nSPS) is 12.2. The monoisotopic (exact) mass is 427 g/mol. The van der Waals surface area contributed by atoms with Gasteiger partial charge in [0.05, 0.1) is 16.5 Å². The van der Waals surface area contributed by atoms with Crippen molar-refractivity contribution in [1.82, 2.24) is 10.0 Å². The number of nitrogens with one attached hydrogen (secondary N) is 2. The van der Waals surface area contributed by atoms with Crippen molar-refractivity contribution in [3.05, 3.63) is 65.2 Å². The third kappa shape index (κ3) is 6.97. The van der Waals surface area contributed by atoms with E-state index in [1.807, 2.05) is 13.0 Å². The third-order valence-corrected chi connectivity index (χ3v) is 6.23. The summed E-state index contributed by atoms with van der Waals surface area (Å²) in [4.78, 5) is 12.8. The first-order valence-corrected chi connectivity index (χ1v) is 11.8. The van der Waals surface area contributed by atoms with Gasteiger partial charge in [0.25, 0.3) is 0 Å². The number of carbonyl (C=O) groups excluding carboxylic acids is 1. The van der Waals surface area contributed by atoms with Gasteiger partial charge in [-0.15, -0.1) is 0 Å². The molecule has 0 aliphatic carbocycles. The van der Waals surface area contributed by atoms with Crippen LogP contribution in [0.3, 0.4) is 0 Å². The Bertz CT molecular complexity index is 962. The van der Waals surface area contributed by atoms with E-state index < -0.39 is 16.1 Å². The SMILES string of the molecule is CCCCNC(=O)[C@H](Cc1ccc(C#N)cc1)NS(=O)(=O)c1ccc(CCC)cc1. The molecule has 0 aliphatic rings. The van der Waals surface area contributed by atoms with Crippen LogP contribution in [0.5, 0.6) is 0 Å². The second-order valence-electron chi connectivity index (χ2n) is 7.23. The molecule has 0 spiro atoms. The van der Waals surface area contributed by atoms with Crippen LogP contribution in [-0.2, 0) is 27.7 Å². The molecule has 7 heteroatoms. The van der Waals surface area contributed by atoms with Gasteiger partial charge in [-0.25, -0.2) is 8.42 Å². The smallest absolute Gasteiger partial charge is 0.241 e. The number of carbonyl (C=O) groups is 1. The van der Waals surface area contributed by atoms with Crippen LogP contribution in [0.1, 0.15) is 49.8 Å². The van der Waals surface area contributed by atoms with Crippen molar-refractivity contribution in [2.45, 2.75) is 56.9 Å². The van der Waals surface area contributed by atoms with E-state index in [4.69, 9.17) is 5.26 Å². The molecule has 6 nitrogen and oxygen atoms in total. The molecule has 0 heterocycles. The van der Waals surface area contributed by atoms with E-state index in [1.54, 1.807) is 48.5 Å². The maximum absolute atomic E-state index is 12.9. The summed E-state index contributed by atoms with van der Waals surface area (Å²) >= 11 is 0. The first-order chi connectivity index (χ1) is 14.4. The quantitative estimate of drug-likeness (QED) is 0.537. The van der Waals surface area contributed by atoms with Crippen molar-refractivity contribution in [2.75, 3.05) is 6.54 Å². The Kier molecular flexibility index (Phi) is 9.03. The van der Waals surface area contributed by atoms with Crippen LogP contribution in [0, 0.1) is 11.3 Å². The number of sulfonamides is 1. The van der Waals surface area contributed by atoms with Crippen LogP contribution in [0.2, 0.25) is 0 Å². The van der Waals surface area contributed by atoms with Crippen LogP contribution in [0.4, 0.5) is 0 Å². The van der Waals surface area contributed by atoms with Gasteiger partial charge in [-0.2, -0.15) is 9.98 Å². The highest BCUT2D eigenvalue weighted by Crippen LogP contribution is 2.14. The number of nitrogens with zero attached hydrogens (tertiary/aromatic N) is 1. The number of hydrogen-bond acceptors (Lipinski definition) is 4. The van der Waals surface area contributed by atoms with Crippen LogP contribution in [0.25, 0.3) is 0 Å². The highest BCUT2D eigenvalue weighted by Gasteiger charge is 2.26. The lowest BCUT2D eigenvalue weighted by atomic mass is 10.0. The van der Waals surface area contributed by atoms with Gasteiger partial charge in [-0.3, -0.25) is 4.79 Å². The molecule has 0 aromatic heterocycles. The summed E-state index contributed by atoms with van der Waals surface area (Å²) in [5.74, 6) is -0.362. The van der Waals surface area contributed by atoms with Crippen molar-refractivity contribution in [3.63, 3.8) is 0 Å². The fourth-order valence-corrected chi connectivity index (χ4v) is 4.23. The van der Waals surface area contributed by atoms with Crippen LogP contribution >= 0.6 is 0 Å². The molecule has 30 heavy (non-hydrogen) atoms. The Morgan fingerprint density at radius 3 is 2.20 bits per heavy atom. The molecule has 0 radical (unpaired) electrons. The zero-order chi connectivity index (χ0) is 22.0. The Hall–Kier alpha value is -2.69. The molecule has 2 rings (SSSR count). The fraction of sp³-hybridized carbons (Fsp3) is 0.391. The van der Waals surface area contributed by atoms with Crippen LogP contribution < -0.4 is 10.0 Å². The van der Waals surface area contributed by atoms with Gasteiger partial charge < -0.3 is 5.32 Å². The van der Waals surface area contributed by atoms with Gasteiger partial charge in [0.1, 0.15) is 6.04 Å². The minimum atomic E-state index is -3.86. The lowest BCUT2D eigenvalue weighted by molar-refractivity contribution is -0.122. The fourth-order valence-electron chi connectivity index (χ4n) is 3.03. The first-order valence-electron chi connectivity index (χ1n) is 10.3. The van der Waals surface area contributed by atoms with Gasteiger partial charge in [-0.1, -0.05) is 51.0 Å². The molecule has 0 unspecified atom stereocenters. The molecule has 160 valence electrons. The van der Waals surface area contributed by atoms with Gasteiger partial charge in [-0.05, 0) is 54.7 Å². The summed E-state index contributed by atoms with van der Waals surface area (Å²) in [6, 6.07) is 14.6. The Labute approximate surface area is 179 Å². The number of hydrogen-bond donors (Lipinski definition) is 2. The molecule has 2 aromatic carbocycles. The summed E-state index contributed by atoms with van der Waals surface area (Å²) in [6.45, 7) is 4.58. The Morgan fingerprint density at radius 2 is 1.63 bits per heavy atom. The Morgan fingerprint density at radius 1 is 1.00 bits per heavy atom. The number of rotatable bonds is 11. The molecule has 0 saturated carbocycles. The highest BCUT2D eigenvalue weighted by atomic mass is 32.2. The van der Waals surface area contributed by atoms with E-state index in [0.29, 0.717) is 12.1 Å². The van der Waals surface area contributed by atoms with Crippen molar-refractivity contribution in [2.24, 2.45) is 0 Å². The van der Waals surface area contributed by atoms with Crippen molar-refractivity contribution in [3.8, 4) is 6.07 Å². The lowest BCUT2D eigenvalue weighted by Crippen LogP contribution is -2.48. The van der Waals surface area contributed by atoms with Crippen molar-refractivity contribution in [1.29, 1.82) is 5.26 Å². The molecular weight excluding hydrogens is 398 g/mol. The summed E-state index contributed by atoms with van der Waals surface area (Å²) in [6.07, 6.45) is 3.80. The second kappa shape index (κ2) is 11.5. The molecule has 2 aromatic rings. The highest BCUT2D eigenvalue weighted by molar-refractivity contribution is 7.89. The molecule has 0 aliphatic heterocycles. The topological polar surface area (TPSA) is 99.1 Å². The maximum Gasteiger partial charge on any atom is 0.241 e. The zero-order valence-electron chi connectivity index (χ0n) is 17.5. The number of nitriles is 1. The number of unbranched alkanes of at least 4 members (excludes halogenated alkanes) is 1. The molecule has 0 fully saturated rings. The predicted molar refractivity (Wildman–Crippen MR) is 117 cm³/mol. The number of benzene rings is 2. The molecule has 0 bridgehead atoms. The average Bonchev–Trinajstić information content (AvgIpc) is 2.74. The largest absolute Gasteiger partial charge is 0.355 e. The third-order valence-electron chi connectivity index (χ3n) is 4.74. The summed E-state index contributed by atoms with van der Waals surface area (Å²) in [7, 11) is -3.86. The van der Waals surface area contributed by atoms with E-state index in [9.17, 15) is 13.2 Å². The van der Waals surface area contributed by atoms with Gasteiger partial charge in [0.2, 0.25) is 15.9 Å². The number of amides is 1. The predicted octanol–water partition coefficient (Wildman–Crippen LogP) is 3.32. The summed E-state index contributed by atoms with van der Waals surface area (Å²) in [5, 5.41) is 11.8. The van der Waals surface area contributed by atoms with E-state index in [-0.39, 0.29) is 17.2 Å². The first kappa shape index (κ1) is 23.6. The molecule has 1 amide bonds. The minimum Gasteiger partial charge on any atom is -0.355 e. The minimum absolute atomic E-state index is 0.133. The molecular formula is C23H29N3O3S. The molecule has 0 saturated heterocycles.